The second-order valence-electron chi connectivity index (χ2n) is 3.54. The van der Waals surface area contributed by atoms with Gasteiger partial charge >= 0.3 is 0 Å². The van der Waals surface area contributed by atoms with E-state index in [-0.39, 0.29) is 5.91 Å². The van der Waals surface area contributed by atoms with Crippen LogP contribution in [-0.2, 0) is 4.79 Å². The van der Waals surface area contributed by atoms with E-state index in [2.05, 4.69) is 22.5 Å². The number of nitrogens with one attached hydrogen (secondary N) is 2. The largest absolute Gasteiger partial charge is 0.478 e. The Morgan fingerprint density at radius 3 is 2.82 bits per heavy atom. The molecule has 1 amide bonds. The molecule has 0 aliphatic heterocycles. The molecule has 1 aromatic rings. The van der Waals surface area contributed by atoms with Gasteiger partial charge in [0.1, 0.15) is 0 Å². The summed E-state index contributed by atoms with van der Waals surface area (Å²) in [4.78, 5) is 15.5. The van der Waals surface area contributed by atoms with Crippen LogP contribution >= 0.6 is 0 Å². The number of amides is 1. The van der Waals surface area contributed by atoms with Crippen LogP contribution in [0, 0.1) is 0 Å². The van der Waals surface area contributed by atoms with Gasteiger partial charge in [-0.15, -0.1) is 0 Å². The molecule has 0 aliphatic carbocycles. The van der Waals surface area contributed by atoms with Gasteiger partial charge in [-0.05, 0) is 26.0 Å². The van der Waals surface area contributed by atoms with Gasteiger partial charge in [-0.25, -0.2) is 4.98 Å². The van der Waals surface area contributed by atoms with Crippen molar-refractivity contribution in [3.63, 3.8) is 0 Å². The lowest BCUT2D eigenvalue weighted by Gasteiger charge is -2.06. The Morgan fingerprint density at radius 2 is 2.24 bits per heavy atom. The first-order chi connectivity index (χ1) is 8.26. The number of hydrogen-bond acceptors (Lipinski definition) is 4. The molecule has 0 radical (unpaired) electrons. The maximum absolute atomic E-state index is 11.5. The number of ether oxygens (including phenoxy) is 1. The molecule has 0 atom stereocenters. The topological polar surface area (TPSA) is 63.2 Å². The molecule has 2 N–H and O–H groups in total. The minimum Gasteiger partial charge on any atom is -0.478 e. The Bertz CT molecular complexity index is 338. The van der Waals surface area contributed by atoms with Gasteiger partial charge < -0.3 is 15.4 Å². The molecule has 0 aliphatic rings. The molecule has 0 saturated carbocycles. The summed E-state index contributed by atoms with van der Waals surface area (Å²) in [5.41, 5.74) is 0.678. The van der Waals surface area contributed by atoms with Crippen molar-refractivity contribution < 1.29 is 9.53 Å². The van der Waals surface area contributed by atoms with E-state index in [1.54, 1.807) is 18.3 Å². The van der Waals surface area contributed by atoms with Gasteiger partial charge in [-0.2, -0.15) is 0 Å². The molecular weight excluding hydrogens is 218 g/mol. The van der Waals surface area contributed by atoms with Crippen molar-refractivity contribution in [1.29, 1.82) is 0 Å². The molecular formula is C12H19N3O2. The van der Waals surface area contributed by atoms with E-state index in [0.29, 0.717) is 24.7 Å². The number of pyridine rings is 1. The number of carbonyl (C=O) groups is 1. The quantitative estimate of drug-likeness (QED) is 0.704. The standard InChI is InChI=1S/C12H19N3O2/c1-3-7-13-9-11(16)15-10-5-6-12(14-8-10)17-4-2/h5-6,8,13H,3-4,7,9H2,1-2H3,(H,15,16). The summed E-state index contributed by atoms with van der Waals surface area (Å²) in [6.07, 6.45) is 2.60. The second kappa shape index (κ2) is 7.62. The molecule has 1 heterocycles. The molecule has 0 bridgehead atoms. The van der Waals surface area contributed by atoms with Gasteiger partial charge in [0.15, 0.2) is 0 Å². The van der Waals surface area contributed by atoms with Crippen LogP contribution in [0.5, 0.6) is 5.88 Å². The monoisotopic (exact) mass is 237 g/mol. The zero-order chi connectivity index (χ0) is 12.5. The number of anilines is 1. The Morgan fingerprint density at radius 1 is 1.41 bits per heavy atom. The Labute approximate surface area is 102 Å². The number of hydrogen-bond donors (Lipinski definition) is 2. The lowest BCUT2D eigenvalue weighted by molar-refractivity contribution is -0.115. The highest BCUT2D eigenvalue weighted by Gasteiger charge is 2.02. The minimum atomic E-state index is -0.0654. The van der Waals surface area contributed by atoms with Crippen molar-refractivity contribution in [3.05, 3.63) is 18.3 Å². The van der Waals surface area contributed by atoms with Gasteiger partial charge in [0.25, 0.3) is 0 Å². The first-order valence-corrected chi connectivity index (χ1v) is 5.85. The van der Waals surface area contributed by atoms with Gasteiger partial charge in [0.2, 0.25) is 11.8 Å². The SMILES string of the molecule is CCCNCC(=O)Nc1ccc(OCC)nc1. The number of aromatic nitrogens is 1. The molecule has 94 valence electrons. The molecule has 0 spiro atoms. The van der Waals surface area contributed by atoms with Crippen LogP contribution in [0.4, 0.5) is 5.69 Å². The van der Waals surface area contributed by atoms with E-state index in [0.717, 1.165) is 13.0 Å². The fraction of sp³-hybridized carbons (Fsp3) is 0.500. The maximum Gasteiger partial charge on any atom is 0.238 e. The van der Waals surface area contributed by atoms with E-state index in [9.17, 15) is 4.79 Å². The lowest BCUT2D eigenvalue weighted by atomic mass is 10.4. The zero-order valence-corrected chi connectivity index (χ0v) is 10.3. The molecule has 0 fully saturated rings. The smallest absolute Gasteiger partial charge is 0.238 e. The Hall–Kier alpha value is -1.62. The van der Waals surface area contributed by atoms with E-state index >= 15 is 0 Å². The van der Waals surface area contributed by atoms with Crippen LogP contribution in [0.25, 0.3) is 0 Å². The van der Waals surface area contributed by atoms with Crippen LogP contribution in [0.15, 0.2) is 18.3 Å². The normalized spacial score (nSPS) is 10.0. The fourth-order valence-electron chi connectivity index (χ4n) is 1.27. The van der Waals surface area contributed by atoms with Crippen LogP contribution < -0.4 is 15.4 Å². The van der Waals surface area contributed by atoms with Crippen LogP contribution in [-0.4, -0.2) is 30.6 Å². The molecule has 5 heteroatoms. The van der Waals surface area contributed by atoms with Gasteiger partial charge in [-0.3, -0.25) is 4.79 Å². The third-order valence-corrected chi connectivity index (χ3v) is 2.02. The van der Waals surface area contributed by atoms with Crippen molar-refractivity contribution in [2.45, 2.75) is 20.3 Å². The van der Waals surface area contributed by atoms with Gasteiger partial charge in [0.05, 0.1) is 25.0 Å². The van der Waals surface area contributed by atoms with Crippen molar-refractivity contribution in [1.82, 2.24) is 10.3 Å². The fourth-order valence-corrected chi connectivity index (χ4v) is 1.27. The van der Waals surface area contributed by atoms with E-state index in [1.807, 2.05) is 6.92 Å². The molecule has 1 aromatic heterocycles. The Balaban J connectivity index is 2.37. The van der Waals surface area contributed by atoms with Crippen LogP contribution in [0.2, 0.25) is 0 Å². The average molecular weight is 237 g/mol. The highest BCUT2D eigenvalue weighted by molar-refractivity contribution is 5.92. The first kappa shape index (κ1) is 13.4. The van der Waals surface area contributed by atoms with Gasteiger partial charge in [-0.1, -0.05) is 6.92 Å². The summed E-state index contributed by atoms with van der Waals surface area (Å²) in [7, 11) is 0. The molecule has 17 heavy (non-hydrogen) atoms. The summed E-state index contributed by atoms with van der Waals surface area (Å²) in [6, 6.07) is 3.51. The van der Waals surface area contributed by atoms with Gasteiger partial charge in [0, 0.05) is 6.07 Å². The number of rotatable bonds is 7. The van der Waals surface area contributed by atoms with Crippen molar-refractivity contribution in [3.8, 4) is 5.88 Å². The molecule has 1 rings (SSSR count). The summed E-state index contributed by atoms with van der Waals surface area (Å²) < 4.78 is 5.21. The summed E-state index contributed by atoms with van der Waals surface area (Å²) in [5, 5.41) is 5.78. The molecule has 5 nitrogen and oxygen atoms in total. The van der Waals surface area contributed by atoms with E-state index in [1.165, 1.54) is 0 Å². The highest BCUT2D eigenvalue weighted by Crippen LogP contribution is 2.11. The minimum absolute atomic E-state index is 0.0654. The third kappa shape index (κ3) is 5.31. The van der Waals surface area contributed by atoms with E-state index in [4.69, 9.17) is 4.74 Å². The third-order valence-electron chi connectivity index (χ3n) is 2.02. The summed E-state index contributed by atoms with van der Waals surface area (Å²) >= 11 is 0. The Kier molecular flexibility index (Phi) is 6.03. The number of nitrogens with zero attached hydrogens (tertiary/aromatic N) is 1. The maximum atomic E-state index is 11.5. The van der Waals surface area contributed by atoms with Crippen molar-refractivity contribution in [2.75, 3.05) is 25.0 Å². The predicted molar refractivity (Wildman–Crippen MR) is 67.2 cm³/mol. The van der Waals surface area contributed by atoms with Crippen molar-refractivity contribution >= 4 is 11.6 Å². The summed E-state index contributed by atoms with van der Waals surface area (Å²) in [5.74, 6) is 0.499. The second-order valence-corrected chi connectivity index (χ2v) is 3.54. The average Bonchev–Trinajstić information content (AvgIpc) is 2.32. The first-order valence-electron chi connectivity index (χ1n) is 5.85. The van der Waals surface area contributed by atoms with Crippen molar-refractivity contribution in [2.24, 2.45) is 0 Å². The number of carbonyl (C=O) groups excluding carboxylic acids is 1. The summed E-state index contributed by atoms with van der Waals surface area (Å²) in [6.45, 7) is 5.70. The lowest BCUT2D eigenvalue weighted by Crippen LogP contribution is -2.28. The molecule has 0 unspecified atom stereocenters. The van der Waals surface area contributed by atoms with E-state index < -0.39 is 0 Å². The highest BCUT2D eigenvalue weighted by atomic mass is 16.5. The predicted octanol–water partition coefficient (Wildman–Crippen LogP) is 1.42. The zero-order valence-electron chi connectivity index (χ0n) is 10.3. The molecule has 0 aromatic carbocycles. The molecule has 0 saturated heterocycles. The van der Waals surface area contributed by atoms with Crippen LogP contribution in [0.1, 0.15) is 20.3 Å². The van der Waals surface area contributed by atoms with Crippen LogP contribution in [0.3, 0.4) is 0 Å².